The van der Waals surface area contributed by atoms with Gasteiger partial charge in [-0.1, -0.05) is 6.07 Å². The monoisotopic (exact) mass is 285 g/mol. The zero-order chi connectivity index (χ0) is 11.7. The molecule has 0 unspecified atom stereocenters. The molecule has 0 spiro atoms. The van der Waals surface area contributed by atoms with E-state index in [1.54, 1.807) is 12.1 Å². The molecule has 0 aliphatic rings. The van der Waals surface area contributed by atoms with Crippen LogP contribution in [-0.4, -0.2) is 9.78 Å². The van der Waals surface area contributed by atoms with Crippen molar-refractivity contribution >= 4 is 21.7 Å². The second-order valence-electron chi connectivity index (χ2n) is 3.38. The van der Waals surface area contributed by atoms with Gasteiger partial charge in [-0.25, -0.2) is 9.07 Å². The highest BCUT2D eigenvalue weighted by Crippen LogP contribution is 2.17. The number of nitrogens with one attached hydrogen (secondary N) is 1. The highest BCUT2D eigenvalue weighted by Gasteiger charge is 2.04. The van der Waals surface area contributed by atoms with Crippen molar-refractivity contribution in [2.24, 2.45) is 0 Å². The van der Waals surface area contributed by atoms with Gasteiger partial charge in [0.05, 0.1) is 11.0 Å². The average Bonchev–Trinajstić information content (AvgIpc) is 2.51. The molecule has 1 aromatic heterocycles. The van der Waals surface area contributed by atoms with Crippen molar-refractivity contribution in [2.45, 2.75) is 6.54 Å². The lowest BCUT2D eigenvalue weighted by Crippen LogP contribution is -2.16. The number of anilines is 1. The van der Waals surface area contributed by atoms with Crippen LogP contribution in [0.5, 0.6) is 0 Å². The third-order valence-electron chi connectivity index (χ3n) is 2.13. The number of halogens is 2. The predicted octanol–water partition coefficient (Wildman–Crippen LogP) is 1.71. The van der Waals surface area contributed by atoms with E-state index in [2.05, 4.69) is 21.0 Å². The molecule has 4 nitrogen and oxygen atoms in total. The van der Waals surface area contributed by atoms with Gasteiger partial charge < -0.3 is 5.73 Å². The van der Waals surface area contributed by atoms with E-state index in [1.807, 2.05) is 0 Å². The second-order valence-corrected chi connectivity index (χ2v) is 4.24. The standard InChI is InChI=1S/C10H9BrFN3O/c11-7-3-6(1-2-8(7)12)5-15-10(16)4-9(13)14-15/h1-4,14H,5,13H2. The Morgan fingerprint density at radius 3 is 2.75 bits per heavy atom. The van der Waals surface area contributed by atoms with Crippen LogP contribution >= 0.6 is 15.9 Å². The van der Waals surface area contributed by atoms with Crippen molar-refractivity contribution in [3.05, 3.63) is 50.5 Å². The summed E-state index contributed by atoms with van der Waals surface area (Å²) in [5, 5.41) is 2.70. The average molecular weight is 286 g/mol. The van der Waals surface area contributed by atoms with E-state index in [-0.39, 0.29) is 11.4 Å². The van der Waals surface area contributed by atoms with E-state index in [0.717, 1.165) is 5.56 Å². The van der Waals surface area contributed by atoms with E-state index in [4.69, 9.17) is 5.73 Å². The minimum Gasteiger partial charge on any atom is -0.384 e. The molecule has 2 rings (SSSR count). The maximum Gasteiger partial charge on any atom is 0.268 e. The fraction of sp³-hybridized carbons (Fsp3) is 0.100. The molecular formula is C10H9BrFN3O. The maximum absolute atomic E-state index is 13.0. The third-order valence-corrected chi connectivity index (χ3v) is 2.74. The van der Waals surface area contributed by atoms with Gasteiger partial charge >= 0.3 is 0 Å². The lowest BCUT2D eigenvalue weighted by Gasteiger charge is -2.03. The SMILES string of the molecule is Nc1cc(=O)n(Cc2ccc(F)c(Br)c2)[nH]1. The Kier molecular flexibility index (Phi) is 2.82. The van der Waals surface area contributed by atoms with Crippen LogP contribution < -0.4 is 11.3 Å². The van der Waals surface area contributed by atoms with Gasteiger partial charge in [0.25, 0.3) is 5.56 Å². The lowest BCUT2D eigenvalue weighted by molar-refractivity contribution is 0.616. The Balaban J connectivity index is 2.30. The fourth-order valence-corrected chi connectivity index (χ4v) is 1.82. The first-order chi connectivity index (χ1) is 7.56. The molecule has 0 aliphatic heterocycles. The minimum absolute atomic E-state index is 0.210. The van der Waals surface area contributed by atoms with E-state index in [0.29, 0.717) is 16.8 Å². The summed E-state index contributed by atoms with van der Waals surface area (Å²) < 4.78 is 14.7. The number of aromatic amines is 1. The molecule has 0 saturated carbocycles. The molecular weight excluding hydrogens is 277 g/mol. The van der Waals surface area contributed by atoms with Crippen LogP contribution in [-0.2, 0) is 6.54 Å². The zero-order valence-electron chi connectivity index (χ0n) is 8.21. The minimum atomic E-state index is -0.331. The van der Waals surface area contributed by atoms with Gasteiger partial charge in [0, 0.05) is 6.07 Å². The summed E-state index contributed by atoms with van der Waals surface area (Å²) in [6.45, 7) is 0.328. The van der Waals surface area contributed by atoms with Crippen LogP contribution in [0.25, 0.3) is 0 Å². The lowest BCUT2D eigenvalue weighted by atomic mass is 10.2. The highest BCUT2D eigenvalue weighted by molar-refractivity contribution is 9.10. The molecule has 0 radical (unpaired) electrons. The molecule has 1 heterocycles. The molecule has 84 valence electrons. The molecule has 0 fully saturated rings. The number of rotatable bonds is 2. The van der Waals surface area contributed by atoms with E-state index < -0.39 is 0 Å². The quantitative estimate of drug-likeness (QED) is 0.882. The summed E-state index contributed by atoms with van der Waals surface area (Å²) in [5.74, 6) is -0.0201. The van der Waals surface area contributed by atoms with Crippen LogP contribution in [0.2, 0.25) is 0 Å². The molecule has 1 aromatic carbocycles. The normalized spacial score (nSPS) is 10.6. The van der Waals surface area contributed by atoms with Gasteiger partial charge in [-0.15, -0.1) is 0 Å². The van der Waals surface area contributed by atoms with Crippen molar-refractivity contribution in [2.75, 3.05) is 5.73 Å². The molecule has 0 bridgehead atoms. The number of aromatic nitrogens is 2. The number of benzene rings is 1. The molecule has 0 saturated heterocycles. The Morgan fingerprint density at radius 2 is 2.19 bits per heavy atom. The van der Waals surface area contributed by atoms with Crippen molar-refractivity contribution in [1.29, 1.82) is 0 Å². The van der Waals surface area contributed by atoms with Crippen molar-refractivity contribution in [3.8, 4) is 0 Å². The molecule has 6 heteroatoms. The summed E-state index contributed by atoms with van der Waals surface area (Å²) >= 11 is 3.09. The zero-order valence-corrected chi connectivity index (χ0v) is 9.79. The number of nitrogens with zero attached hydrogens (tertiary/aromatic N) is 1. The number of hydrogen-bond acceptors (Lipinski definition) is 2. The summed E-state index contributed by atoms with van der Waals surface area (Å²) in [7, 11) is 0. The third kappa shape index (κ3) is 2.16. The fourth-order valence-electron chi connectivity index (χ4n) is 1.39. The first kappa shape index (κ1) is 10.9. The number of H-pyrrole nitrogens is 1. The molecule has 0 amide bonds. The van der Waals surface area contributed by atoms with Crippen LogP contribution in [0.1, 0.15) is 5.56 Å². The van der Waals surface area contributed by atoms with Crippen LogP contribution in [0.4, 0.5) is 10.2 Å². The highest BCUT2D eigenvalue weighted by atomic mass is 79.9. The van der Waals surface area contributed by atoms with Gasteiger partial charge in [-0.2, -0.15) is 0 Å². The molecule has 3 N–H and O–H groups in total. The van der Waals surface area contributed by atoms with Gasteiger partial charge in [-0.05, 0) is 33.6 Å². The largest absolute Gasteiger partial charge is 0.384 e. The number of nitrogen functional groups attached to an aromatic ring is 1. The van der Waals surface area contributed by atoms with Crippen molar-refractivity contribution in [3.63, 3.8) is 0 Å². The Labute approximate surface area is 99.0 Å². The van der Waals surface area contributed by atoms with Crippen molar-refractivity contribution in [1.82, 2.24) is 9.78 Å². The topological polar surface area (TPSA) is 63.8 Å². The van der Waals surface area contributed by atoms with Crippen LogP contribution in [0.3, 0.4) is 0 Å². The van der Waals surface area contributed by atoms with E-state index in [1.165, 1.54) is 16.8 Å². The molecule has 0 aliphatic carbocycles. The van der Waals surface area contributed by atoms with Crippen LogP contribution in [0.15, 0.2) is 33.5 Å². The van der Waals surface area contributed by atoms with Crippen LogP contribution in [0, 0.1) is 5.82 Å². The molecule has 0 atom stereocenters. The Hall–Kier alpha value is -1.56. The number of hydrogen-bond donors (Lipinski definition) is 2. The van der Waals surface area contributed by atoms with Gasteiger partial charge in [0.1, 0.15) is 11.6 Å². The summed E-state index contributed by atoms with van der Waals surface area (Å²) in [5.41, 5.74) is 6.03. The first-order valence-corrected chi connectivity index (χ1v) is 5.35. The van der Waals surface area contributed by atoms with E-state index in [9.17, 15) is 9.18 Å². The maximum atomic E-state index is 13.0. The summed E-state index contributed by atoms with van der Waals surface area (Å²) in [4.78, 5) is 11.4. The van der Waals surface area contributed by atoms with Gasteiger partial charge in [-0.3, -0.25) is 9.89 Å². The number of nitrogens with two attached hydrogens (primary N) is 1. The Bertz CT molecular complexity index is 576. The summed E-state index contributed by atoms with van der Waals surface area (Å²) in [6, 6.07) is 5.89. The first-order valence-electron chi connectivity index (χ1n) is 4.55. The van der Waals surface area contributed by atoms with Gasteiger partial charge in [0.15, 0.2) is 0 Å². The van der Waals surface area contributed by atoms with E-state index >= 15 is 0 Å². The molecule has 16 heavy (non-hydrogen) atoms. The van der Waals surface area contributed by atoms with Gasteiger partial charge in [0.2, 0.25) is 0 Å². The smallest absolute Gasteiger partial charge is 0.268 e. The molecule has 2 aromatic rings. The van der Waals surface area contributed by atoms with Crippen molar-refractivity contribution < 1.29 is 4.39 Å². The summed E-state index contributed by atoms with van der Waals surface area (Å²) in [6.07, 6.45) is 0. The Morgan fingerprint density at radius 1 is 1.44 bits per heavy atom. The second kappa shape index (κ2) is 4.13. The predicted molar refractivity (Wildman–Crippen MR) is 62.7 cm³/mol.